The van der Waals surface area contributed by atoms with E-state index < -0.39 is 0 Å². The van der Waals surface area contributed by atoms with E-state index in [0.717, 1.165) is 25.9 Å². The fourth-order valence-electron chi connectivity index (χ4n) is 2.43. The number of halogens is 2. The number of amides is 2. The van der Waals surface area contributed by atoms with Crippen LogP contribution >= 0.6 is 24.0 Å². The molecule has 1 fully saturated rings. The summed E-state index contributed by atoms with van der Waals surface area (Å²) in [4.78, 5) is 23.7. The maximum absolute atomic E-state index is 11.9. The zero-order valence-corrected chi connectivity index (χ0v) is 14.5. The molecular formula is C16H23Cl2N3O2. The minimum atomic E-state index is -0.145. The van der Waals surface area contributed by atoms with Gasteiger partial charge in [-0.2, -0.15) is 0 Å². The highest BCUT2D eigenvalue weighted by atomic mass is 35.5. The van der Waals surface area contributed by atoms with E-state index in [1.165, 1.54) is 0 Å². The van der Waals surface area contributed by atoms with E-state index >= 15 is 0 Å². The van der Waals surface area contributed by atoms with Crippen LogP contribution in [0.25, 0.3) is 0 Å². The van der Waals surface area contributed by atoms with Crippen LogP contribution in [0.1, 0.15) is 36.0 Å². The van der Waals surface area contributed by atoms with Crippen LogP contribution < -0.4 is 16.0 Å². The molecule has 0 bridgehead atoms. The number of benzene rings is 1. The van der Waals surface area contributed by atoms with E-state index in [-0.39, 0.29) is 30.3 Å². The van der Waals surface area contributed by atoms with Gasteiger partial charge in [0.2, 0.25) is 5.91 Å². The highest BCUT2D eigenvalue weighted by Gasteiger charge is 2.14. The molecule has 0 saturated carbocycles. The Labute approximate surface area is 148 Å². The van der Waals surface area contributed by atoms with Crippen molar-refractivity contribution in [1.82, 2.24) is 16.0 Å². The third kappa shape index (κ3) is 7.20. The third-order valence-electron chi connectivity index (χ3n) is 3.63. The van der Waals surface area contributed by atoms with Crippen LogP contribution in [0, 0.1) is 0 Å². The molecule has 1 unspecified atom stereocenters. The van der Waals surface area contributed by atoms with Crippen molar-refractivity contribution in [2.24, 2.45) is 0 Å². The van der Waals surface area contributed by atoms with Gasteiger partial charge in [0.1, 0.15) is 0 Å². The van der Waals surface area contributed by atoms with Crippen molar-refractivity contribution >= 4 is 35.8 Å². The normalized spacial score (nSPS) is 17.0. The Morgan fingerprint density at radius 1 is 1.26 bits per heavy atom. The van der Waals surface area contributed by atoms with Crippen LogP contribution in [0.3, 0.4) is 0 Å². The van der Waals surface area contributed by atoms with Crippen molar-refractivity contribution in [3.05, 3.63) is 34.9 Å². The summed E-state index contributed by atoms with van der Waals surface area (Å²) in [5, 5.41) is 9.68. The lowest BCUT2D eigenvalue weighted by molar-refractivity contribution is -0.122. The van der Waals surface area contributed by atoms with Gasteiger partial charge in [-0.25, -0.2) is 0 Å². The molecule has 2 amide bonds. The molecule has 7 heteroatoms. The van der Waals surface area contributed by atoms with Crippen molar-refractivity contribution in [3.63, 3.8) is 0 Å². The monoisotopic (exact) mass is 359 g/mol. The second kappa shape index (κ2) is 10.5. The Kier molecular flexibility index (Phi) is 8.99. The van der Waals surface area contributed by atoms with Crippen molar-refractivity contribution < 1.29 is 9.59 Å². The van der Waals surface area contributed by atoms with Gasteiger partial charge < -0.3 is 16.0 Å². The molecule has 1 aromatic rings. The molecule has 1 saturated heterocycles. The molecule has 1 aromatic carbocycles. The van der Waals surface area contributed by atoms with Crippen LogP contribution in [0.15, 0.2) is 24.3 Å². The van der Waals surface area contributed by atoms with Crippen molar-refractivity contribution in [2.75, 3.05) is 19.6 Å². The maximum atomic E-state index is 11.9. The minimum Gasteiger partial charge on any atom is -0.352 e. The van der Waals surface area contributed by atoms with Gasteiger partial charge in [-0.3, -0.25) is 9.59 Å². The minimum absolute atomic E-state index is 0. The number of hydrogen-bond acceptors (Lipinski definition) is 3. The molecule has 2 rings (SSSR count). The van der Waals surface area contributed by atoms with E-state index in [9.17, 15) is 9.59 Å². The average molecular weight is 360 g/mol. The highest BCUT2D eigenvalue weighted by molar-refractivity contribution is 6.30. The zero-order valence-electron chi connectivity index (χ0n) is 12.9. The van der Waals surface area contributed by atoms with Crippen molar-refractivity contribution in [2.45, 2.75) is 31.7 Å². The van der Waals surface area contributed by atoms with E-state index in [2.05, 4.69) is 16.0 Å². The van der Waals surface area contributed by atoms with Crippen molar-refractivity contribution in [3.8, 4) is 0 Å². The van der Waals surface area contributed by atoms with Gasteiger partial charge in [-0.1, -0.05) is 11.6 Å². The number of rotatable bonds is 6. The first-order valence-electron chi connectivity index (χ1n) is 7.69. The molecule has 5 nitrogen and oxygen atoms in total. The quantitative estimate of drug-likeness (QED) is 0.681. The predicted molar refractivity (Wildman–Crippen MR) is 94.3 cm³/mol. The fraction of sp³-hybridized carbons (Fsp3) is 0.500. The smallest absolute Gasteiger partial charge is 0.251 e. The number of carbonyl (C=O) groups excluding carboxylic acids is 2. The Morgan fingerprint density at radius 2 is 2.00 bits per heavy atom. The topological polar surface area (TPSA) is 70.2 Å². The molecule has 0 aliphatic carbocycles. The first-order valence-corrected chi connectivity index (χ1v) is 8.07. The summed E-state index contributed by atoms with van der Waals surface area (Å²) in [5.41, 5.74) is 0.571. The number of nitrogens with one attached hydrogen (secondary N) is 3. The van der Waals surface area contributed by atoms with E-state index in [1.807, 2.05) is 0 Å². The van der Waals surface area contributed by atoms with E-state index in [0.29, 0.717) is 30.0 Å². The van der Waals surface area contributed by atoms with Crippen LogP contribution in [-0.4, -0.2) is 37.5 Å². The molecule has 0 spiro atoms. The molecule has 0 aromatic heterocycles. The lowest BCUT2D eigenvalue weighted by Crippen LogP contribution is -2.45. The highest BCUT2D eigenvalue weighted by Crippen LogP contribution is 2.09. The molecular weight excluding hydrogens is 337 g/mol. The van der Waals surface area contributed by atoms with Crippen molar-refractivity contribution in [1.29, 1.82) is 0 Å². The molecule has 1 atom stereocenters. The summed E-state index contributed by atoms with van der Waals surface area (Å²) in [6, 6.07) is 6.97. The second-order valence-corrected chi connectivity index (χ2v) is 5.91. The summed E-state index contributed by atoms with van der Waals surface area (Å²) in [7, 11) is 0. The number of piperidine rings is 1. The van der Waals surface area contributed by atoms with Gasteiger partial charge in [-0.15, -0.1) is 12.4 Å². The second-order valence-electron chi connectivity index (χ2n) is 5.48. The molecule has 3 N–H and O–H groups in total. The first kappa shape index (κ1) is 19.7. The molecule has 1 aliphatic rings. The zero-order chi connectivity index (χ0) is 15.8. The number of hydrogen-bond donors (Lipinski definition) is 3. The Morgan fingerprint density at radius 3 is 2.65 bits per heavy atom. The molecule has 128 valence electrons. The van der Waals surface area contributed by atoms with E-state index in [1.54, 1.807) is 24.3 Å². The summed E-state index contributed by atoms with van der Waals surface area (Å²) < 4.78 is 0. The van der Waals surface area contributed by atoms with Crippen LogP contribution in [-0.2, 0) is 4.79 Å². The van der Waals surface area contributed by atoms with Crippen LogP contribution in [0.5, 0.6) is 0 Å². The summed E-state index contributed by atoms with van der Waals surface area (Å²) in [6.45, 7) is 2.36. The van der Waals surface area contributed by atoms with Gasteiger partial charge in [0, 0.05) is 36.1 Å². The first-order chi connectivity index (χ1) is 10.6. The third-order valence-corrected chi connectivity index (χ3v) is 3.89. The van der Waals surface area contributed by atoms with Gasteiger partial charge in [-0.05, 0) is 50.1 Å². The Bertz CT molecular complexity index is 503. The molecule has 1 heterocycles. The molecule has 0 radical (unpaired) electrons. The predicted octanol–water partition coefficient (Wildman–Crippen LogP) is 2.14. The fourth-order valence-corrected chi connectivity index (χ4v) is 2.56. The SMILES string of the molecule is Cl.O=C(CCCNC(=O)c1ccc(Cl)cc1)NC1CCCNC1. The van der Waals surface area contributed by atoms with E-state index in [4.69, 9.17) is 11.6 Å². The summed E-state index contributed by atoms with van der Waals surface area (Å²) in [5.74, 6) is -0.0944. The van der Waals surface area contributed by atoms with Crippen LogP contribution in [0.2, 0.25) is 5.02 Å². The van der Waals surface area contributed by atoms with Gasteiger partial charge >= 0.3 is 0 Å². The van der Waals surface area contributed by atoms with Gasteiger partial charge in [0.25, 0.3) is 5.91 Å². The molecule has 23 heavy (non-hydrogen) atoms. The van der Waals surface area contributed by atoms with Crippen LogP contribution in [0.4, 0.5) is 0 Å². The summed E-state index contributed by atoms with van der Waals surface area (Å²) >= 11 is 5.78. The Hall–Kier alpha value is -1.30. The maximum Gasteiger partial charge on any atom is 0.251 e. The lowest BCUT2D eigenvalue weighted by atomic mass is 10.1. The average Bonchev–Trinajstić information content (AvgIpc) is 2.53. The summed E-state index contributed by atoms with van der Waals surface area (Å²) in [6.07, 6.45) is 3.19. The van der Waals surface area contributed by atoms with Gasteiger partial charge in [0.15, 0.2) is 0 Å². The standard InChI is InChI=1S/C16H22ClN3O2.ClH/c17-13-7-5-12(6-8-13)16(22)19-10-2-4-15(21)20-14-3-1-9-18-11-14;/h5-8,14,18H,1-4,9-11H2,(H,19,22)(H,20,21);1H. The molecule has 1 aliphatic heterocycles. The number of carbonyl (C=O) groups is 2. The largest absolute Gasteiger partial charge is 0.352 e. The Balaban J connectivity index is 0.00000264. The lowest BCUT2D eigenvalue weighted by Gasteiger charge is -2.23. The van der Waals surface area contributed by atoms with Gasteiger partial charge in [0.05, 0.1) is 0 Å².